The molecule has 0 atom stereocenters. The van der Waals surface area contributed by atoms with Gasteiger partial charge in [0.25, 0.3) is 0 Å². The third-order valence-electron chi connectivity index (χ3n) is 1.61. The van der Waals surface area contributed by atoms with E-state index in [4.69, 9.17) is 5.26 Å². The van der Waals surface area contributed by atoms with Gasteiger partial charge in [0.15, 0.2) is 4.34 Å². The number of halogens is 1. The minimum absolute atomic E-state index is 0.636. The summed E-state index contributed by atoms with van der Waals surface area (Å²) in [5.41, 5.74) is 2.33. The minimum Gasteiger partial charge on any atom is -0.192 e. The highest BCUT2D eigenvalue weighted by Crippen LogP contribution is 2.31. The van der Waals surface area contributed by atoms with E-state index in [0.717, 1.165) is 13.7 Å². The van der Waals surface area contributed by atoms with E-state index in [9.17, 15) is 0 Å². The van der Waals surface area contributed by atoms with Gasteiger partial charge in [-0.25, -0.2) is 0 Å². The Morgan fingerprint density at radius 3 is 2.93 bits per heavy atom. The Labute approximate surface area is 103 Å². The van der Waals surface area contributed by atoms with Crippen molar-refractivity contribution in [3.8, 4) is 6.07 Å². The van der Waals surface area contributed by atoms with E-state index in [-0.39, 0.29) is 0 Å². The van der Waals surface area contributed by atoms with Gasteiger partial charge in [-0.05, 0) is 34.1 Å². The molecule has 0 aliphatic heterocycles. The van der Waals surface area contributed by atoms with Crippen molar-refractivity contribution in [3.63, 3.8) is 0 Å². The van der Waals surface area contributed by atoms with Crippen LogP contribution in [0.3, 0.4) is 0 Å². The van der Waals surface area contributed by atoms with Crippen molar-refractivity contribution in [3.05, 3.63) is 33.7 Å². The molecule has 0 spiro atoms. The van der Waals surface area contributed by atoms with E-state index in [1.807, 2.05) is 12.1 Å². The SMILES string of the molecule is N#Cc1ccc(Sc2nncs2)cc1Br. The number of benzene rings is 1. The highest BCUT2D eigenvalue weighted by Gasteiger charge is 2.04. The first-order valence-corrected chi connectivity index (χ1v) is 6.42. The first kappa shape index (κ1) is 10.6. The molecule has 0 unspecified atom stereocenters. The van der Waals surface area contributed by atoms with Crippen LogP contribution >= 0.6 is 39.0 Å². The molecule has 1 aromatic carbocycles. The van der Waals surface area contributed by atoms with Gasteiger partial charge < -0.3 is 0 Å². The molecule has 0 amide bonds. The Morgan fingerprint density at radius 2 is 2.33 bits per heavy atom. The van der Waals surface area contributed by atoms with Crippen molar-refractivity contribution >= 4 is 39.0 Å². The van der Waals surface area contributed by atoms with Crippen LogP contribution in [0.1, 0.15) is 5.56 Å². The van der Waals surface area contributed by atoms with Gasteiger partial charge in [-0.2, -0.15) is 5.26 Å². The Hall–Kier alpha value is -0.900. The van der Waals surface area contributed by atoms with Gasteiger partial charge in [-0.15, -0.1) is 10.2 Å². The standard InChI is InChI=1S/C9H4BrN3S2/c10-8-3-7(2-1-6(8)4-11)15-9-13-12-5-14-9/h1-3,5H. The summed E-state index contributed by atoms with van der Waals surface area (Å²) in [5, 5.41) is 16.5. The zero-order valence-corrected chi connectivity index (χ0v) is 10.6. The molecule has 2 rings (SSSR count). The number of nitriles is 1. The summed E-state index contributed by atoms with van der Waals surface area (Å²) in [6.45, 7) is 0. The lowest BCUT2D eigenvalue weighted by Crippen LogP contribution is -1.79. The molecular weight excluding hydrogens is 294 g/mol. The van der Waals surface area contributed by atoms with Crippen LogP contribution in [0, 0.1) is 11.3 Å². The number of hydrogen-bond donors (Lipinski definition) is 0. The quantitative estimate of drug-likeness (QED) is 0.853. The van der Waals surface area contributed by atoms with Crippen LogP contribution in [-0.2, 0) is 0 Å². The van der Waals surface area contributed by atoms with Crippen molar-refractivity contribution in [1.29, 1.82) is 5.26 Å². The molecule has 0 saturated carbocycles. The summed E-state index contributed by atoms with van der Waals surface area (Å²) in [7, 11) is 0. The second kappa shape index (κ2) is 4.75. The molecule has 0 N–H and O–H groups in total. The average molecular weight is 298 g/mol. The number of hydrogen-bond acceptors (Lipinski definition) is 5. The van der Waals surface area contributed by atoms with E-state index in [1.54, 1.807) is 11.6 Å². The van der Waals surface area contributed by atoms with Gasteiger partial charge in [0.1, 0.15) is 11.6 Å². The predicted molar refractivity (Wildman–Crippen MR) is 62.9 cm³/mol. The maximum atomic E-state index is 8.76. The van der Waals surface area contributed by atoms with E-state index in [1.165, 1.54) is 23.1 Å². The Balaban J connectivity index is 2.24. The monoisotopic (exact) mass is 297 g/mol. The Morgan fingerprint density at radius 1 is 1.47 bits per heavy atom. The predicted octanol–water partition coefficient (Wildman–Crippen LogP) is 3.32. The molecule has 0 bridgehead atoms. The van der Waals surface area contributed by atoms with Crippen LogP contribution in [0.15, 0.2) is 37.4 Å². The maximum absolute atomic E-state index is 8.76. The van der Waals surface area contributed by atoms with Crippen LogP contribution < -0.4 is 0 Å². The van der Waals surface area contributed by atoms with E-state index in [2.05, 4.69) is 32.2 Å². The summed E-state index contributed by atoms with van der Waals surface area (Å²) < 4.78 is 1.70. The summed E-state index contributed by atoms with van der Waals surface area (Å²) in [4.78, 5) is 1.04. The average Bonchev–Trinajstić information content (AvgIpc) is 2.71. The van der Waals surface area contributed by atoms with Crippen molar-refractivity contribution in [2.24, 2.45) is 0 Å². The molecule has 0 radical (unpaired) electrons. The summed E-state index contributed by atoms with van der Waals surface area (Å²) in [5.74, 6) is 0. The Bertz CT molecular complexity index is 505. The molecule has 0 aliphatic carbocycles. The molecule has 3 nitrogen and oxygen atoms in total. The number of aromatic nitrogens is 2. The highest BCUT2D eigenvalue weighted by atomic mass is 79.9. The van der Waals surface area contributed by atoms with E-state index >= 15 is 0 Å². The summed E-state index contributed by atoms with van der Waals surface area (Å²) in [6.07, 6.45) is 0. The molecule has 6 heteroatoms. The van der Waals surface area contributed by atoms with Gasteiger partial charge in [0, 0.05) is 9.37 Å². The molecule has 0 saturated heterocycles. The zero-order chi connectivity index (χ0) is 10.7. The van der Waals surface area contributed by atoms with Gasteiger partial charge in [-0.1, -0.05) is 23.1 Å². The van der Waals surface area contributed by atoms with Crippen molar-refractivity contribution in [1.82, 2.24) is 10.2 Å². The molecule has 74 valence electrons. The van der Waals surface area contributed by atoms with Crippen molar-refractivity contribution < 1.29 is 0 Å². The number of rotatable bonds is 2. The molecule has 1 aromatic heterocycles. The van der Waals surface area contributed by atoms with Crippen LogP contribution in [0.4, 0.5) is 0 Å². The molecule has 0 fully saturated rings. The maximum Gasteiger partial charge on any atom is 0.178 e. The minimum atomic E-state index is 0.636. The fraction of sp³-hybridized carbons (Fsp3) is 0. The molecule has 15 heavy (non-hydrogen) atoms. The first-order valence-electron chi connectivity index (χ1n) is 3.93. The molecule has 0 aliphatic rings. The first-order chi connectivity index (χ1) is 7.29. The lowest BCUT2D eigenvalue weighted by molar-refractivity contribution is 1.01. The Kier molecular flexibility index (Phi) is 3.36. The van der Waals surface area contributed by atoms with Crippen molar-refractivity contribution in [2.75, 3.05) is 0 Å². The van der Waals surface area contributed by atoms with Crippen LogP contribution in [0.5, 0.6) is 0 Å². The second-order valence-corrected chi connectivity index (χ2v) is 5.57. The lowest BCUT2D eigenvalue weighted by atomic mass is 10.2. The summed E-state index contributed by atoms with van der Waals surface area (Å²) in [6, 6.07) is 7.69. The smallest absolute Gasteiger partial charge is 0.178 e. The van der Waals surface area contributed by atoms with Gasteiger partial charge >= 0.3 is 0 Å². The van der Waals surface area contributed by atoms with Crippen LogP contribution in [-0.4, -0.2) is 10.2 Å². The zero-order valence-electron chi connectivity index (χ0n) is 7.35. The van der Waals surface area contributed by atoms with E-state index < -0.39 is 0 Å². The normalized spacial score (nSPS) is 9.87. The van der Waals surface area contributed by atoms with Crippen molar-refractivity contribution in [2.45, 2.75) is 9.24 Å². The third kappa shape index (κ3) is 2.56. The molecular formula is C9H4BrN3S2. The third-order valence-corrected chi connectivity index (χ3v) is 4.03. The topological polar surface area (TPSA) is 49.6 Å². The molecule has 2 aromatic rings. The van der Waals surface area contributed by atoms with Gasteiger partial charge in [-0.3, -0.25) is 0 Å². The fourth-order valence-corrected chi connectivity index (χ4v) is 3.07. The highest BCUT2D eigenvalue weighted by molar-refractivity contribution is 9.10. The van der Waals surface area contributed by atoms with E-state index in [0.29, 0.717) is 5.56 Å². The van der Waals surface area contributed by atoms with Gasteiger partial charge in [0.2, 0.25) is 0 Å². The largest absolute Gasteiger partial charge is 0.192 e. The van der Waals surface area contributed by atoms with Crippen LogP contribution in [0.25, 0.3) is 0 Å². The second-order valence-electron chi connectivity index (χ2n) is 2.56. The lowest BCUT2D eigenvalue weighted by Gasteiger charge is -1.99. The van der Waals surface area contributed by atoms with Crippen LogP contribution in [0.2, 0.25) is 0 Å². The van der Waals surface area contributed by atoms with Gasteiger partial charge in [0.05, 0.1) is 5.56 Å². The fourth-order valence-electron chi connectivity index (χ4n) is 0.958. The summed E-state index contributed by atoms with van der Waals surface area (Å²) >= 11 is 6.37. The number of nitrogens with zero attached hydrogens (tertiary/aromatic N) is 3. The molecule has 1 heterocycles.